The fraction of sp³-hybridized carbons (Fsp3) is 0.286. The van der Waals surface area contributed by atoms with Crippen LogP contribution >= 0.6 is 0 Å². The number of aryl methyl sites for hydroxylation is 1. The Kier molecular flexibility index (Phi) is 6.43. The molecule has 8 heteroatoms. The highest BCUT2D eigenvalue weighted by molar-refractivity contribution is 5.96. The highest BCUT2D eigenvalue weighted by Gasteiger charge is 2.23. The molecule has 0 aliphatic rings. The van der Waals surface area contributed by atoms with E-state index < -0.39 is 12.0 Å². The molecule has 2 aromatic carbocycles. The van der Waals surface area contributed by atoms with Gasteiger partial charge in [0.25, 0.3) is 5.91 Å². The summed E-state index contributed by atoms with van der Waals surface area (Å²) in [5, 5.41) is 10.4. The molecule has 0 aliphatic carbocycles. The molecule has 1 atom stereocenters. The second-order valence-corrected chi connectivity index (χ2v) is 6.33. The van der Waals surface area contributed by atoms with Crippen LogP contribution in [0.5, 0.6) is 11.5 Å². The van der Waals surface area contributed by atoms with E-state index in [2.05, 4.69) is 15.6 Å². The first-order valence-electron chi connectivity index (χ1n) is 9.31. The van der Waals surface area contributed by atoms with Crippen molar-refractivity contribution in [2.45, 2.75) is 33.3 Å². The Morgan fingerprint density at radius 3 is 2.59 bits per heavy atom. The summed E-state index contributed by atoms with van der Waals surface area (Å²) >= 11 is 0. The Labute approximate surface area is 167 Å². The molecule has 3 aromatic rings. The first kappa shape index (κ1) is 20.3. The van der Waals surface area contributed by atoms with Gasteiger partial charge in [-0.3, -0.25) is 4.79 Å². The van der Waals surface area contributed by atoms with Gasteiger partial charge in [0.2, 0.25) is 5.82 Å². The van der Waals surface area contributed by atoms with Gasteiger partial charge in [-0.05, 0) is 78.6 Å². The molecule has 0 bridgehead atoms. The minimum atomic E-state index is -0.785. The minimum Gasteiger partial charge on any atom is -0.494 e. The quantitative estimate of drug-likeness (QED) is 0.605. The number of aromatic nitrogens is 2. The average Bonchev–Trinajstić information content (AvgIpc) is 3.17. The molecule has 1 N–H and O–H groups in total. The van der Waals surface area contributed by atoms with E-state index in [0.29, 0.717) is 24.5 Å². The molecule has 0 spiro atoms. The fourth-order valence-electron chi connectivity index (χ4n) is 2.77. The number of anilines is 1. The second-order valence-electron chi connectivity index (χ2n) is 6.33. The number of halogens is 1. The number of carbonyl (C=O) groups is 1. The van der Waals surface area contributed by atoms with Gasteiger partial charge in [0, 0.05) is 5.56 Å². The molecular weight excluding hydrogens is 377 g/mol. The molecular formula is C21H22FN3O4. The fourth-order valence-corrected chi connectivity index (χ4v) is 2.77. The van der Waals surface area contributed by atoms with Gasteiger partial charge in [0.05, 0.1) is 6.61 Å². The molecule has 1 amide bonds. The van der Waals surface area contributed by atoms with E-state index in [1.54, 1.807) is 0 Å². The van der Waals surface area contributed by atoms with Crippen molar-refractivity contribution < 1.29 is 23.3 Å². The van der Waals surface area contributed by atoms with Crippen LogP contribution in [0.3, 0.4) is 0 Å². The zero-order valence-corrected chi connectivity index (χ0v) is 16.4. The van der Waals surface area contributed by atoms with Crippen molar-refractivity contribution >= 4 is 11.7 Å². The zero-order valence-electron chi connectivity index (χ0n) is 16.4. The number of nitrogens with one attached hydrogen (secondary N) is 1. The van der Waals surface area contributed by atoms with E-state index in [4.69, 9.17) is 14.1 Å². The van der Waals surface area contributed by atoms with Gasteiger partial charge >= 0.3 is 0 Å². The number of rotatable bonds is 8. The molecule has 0 saturated carbocycles. The molecule has 3 rings (SSSR count). The topological polar surface area (TPSA) is 86.5 Å². The first-order valence-corrected chi connectivity index (χ1v) is 9.31. The Balaban J connectivity index is 1.75. The zero-order chi connectivity index (χ0) is 20.8. The summed E-state index contributed by atoms with van der Waals surface area (Å²) < 4.78 is 29.1. The molecule has 0 aliphatic heterocycles. The number of hydrogen-bond donors (Lipinski definition) is 1. The van der Waals surface area contributed by atoms with Crippen molar-refractivity contribution in [1.29, 1.82) is 0 Å². The van der Waals surface area contributed by atoms with E-state index in [0.717, 1.165) is 16.9 Å². The summed E-state index contributed by atoms with van der Waals surface area (Å²) in [5.74, 6) is 0.584. The molecule has 0 fully saturated rings. The van der Waals surface area contributed by atoms with Crippen molar-refractivity contribution in [1.82, 2.24) is 10.3 Å². The number of ether oxygens (including phenoxy) is 2. The normalized spacial score (nSPS) is 11.7. The molecule has 7 nitrogen and oxygen atoms in total. The summed E-state index contributed by atoms with van der Waals surface area (Å²) in [7, 11) is 0. The van der Waals surface area contributed by atoms with Crippen molar-refractivity contribution in [3.63, 3.8) is 0 Å². The maximum atomic E-state index is 13.1. The Bertz CT molecular complexity index is 972. The van der Waals surface area contributed by atoms with Gasteiger partial charge < -0.3 is 14.8 Å². The third-order valence-electron chi connectivity index (χ3n) is 4.23. The van der Waals surface area contributed by atoms with Crippen LogP contribution in [-0.4, -0.2) is 28.9 Å². The lowest BCUT2D eigenvalue weighted by Crippen LogP contribution is -2.32. The first-order chi connectivity index (χ1) is 14.0. The minimum absolute atomic E-state index is 0.194. The monoisotopic (exact) mass is 399 g/mol. The maximum absolute atomic E-state index is 13.1. The van der Waals surface area contributed by atoms with E-state index >= 15 is 0 Å². The third kappa shape index (κ3) is 4.90. The van der Waals surface area contributed by atoms with E-state index in [1.807, 2.05) is 39.0 Å². The molecule has 0 unspecified atom stereocenters. The molecule has 0 radical (unpaired) electrons. The third-order valence-corrected chi connectivity index (χ3v) is 4.23. The smallest absolute Gasteiger partial charge is 0.266 e. The predicted octanol–water partition coefficient (Wildman–Crippen LogP) is 4.38. The summed E-state index contributed by atoms with van der Waals surface area (Å²) in [6.07, 6.45) is -0.376. The molecule has 1 heterocycles. The lowest BCUT2D eigenvalue weighted by atomic mass is 10.1. The lowest BCUT2D eigenvalue weighted by molar-refractivity contribution is -0.122. The standard InChI is InChI=1S/C21H22FN3O4/c1-4-17(28-16-9-7-15(22)8-10-16)21(26)23-20-19(24-29-25-20)14-6-11-18(27-5-2)13(3)12-14/h6-12,17H,4-5H2,1-3H3,(H,23,25,26)/t17-/m0/s1. The summed E-state index contributed by atoms with van der Waals surface area (Å²) in [5.41, 5.74) is 2.06. The molecule has 29 heavy (non-hydrogen) atoms. The Morgan fingerprint density at radius 1 is 1.17 bits per heavy atom. The van der Waals surface area contributed by atoms with Crippen molar-refractivity contribution in [3.8, 4) is 22.8 Å². The van der Waals surface area contributed by atoms with Crippen LogP contribution in [0.25, 0.3) is 11.3 Å². The van der Waals surface area contributed by atoms with Crippen molar-refractivity contribution in [2.75, 3.05) is 11.9 Å². The SMILES string of the molecule is CCOc1ccc(-c2nonc2NC(=O)[C@H](CC)Oc2ccc(F)cc2)cc1C. The van der Waals surface area contributed by atoms with Crippen LogP contribution in [-0.2, 0) is 4.79 Å². The van der Waals surface area contributed by atoms with Gasteiger partial charge in [0.15, 0.2) is 11.8 Å². The van der Waals surface area contributed by atoms with Crippen molar-refractivity contribution in [2.24, 2.45) is 0 Å². The van der Waals surface area contributed by atoms with Crippen LogP contribution in [0, 0.1) is 12.7 Å². The van der Waals surface area contributed by atoms with E-state index in [9.17, 15) is 9.18 Å². The van der Waals surface area contributed by atoms with Crippen LogP contribution in [0.1, 0.15) is 25.8 Å². The predicted molar refractivity (Wildman–Crippen MR) is 105 cm³/mol. The summed E-state index contributed by atoms with van der Waals surface area (Å²) in [6, 6.07) is 11.0. The Morgan fingerprint density at radius 2 is 1.93 bits per heavy atom. The van der Waals surface area contributed by atoms with Crippen molar-refractivity contribution in [3.05, 3.63) is 53.8 Å². The summed E-state index contributed by atoms with van der Waals surface area (Å²) in [4.78, 5) is 12.7. The van der Waals surface area contributed by atoms with E-state index in [1.165, 1.54) is 24.3 Å². The van der Waals surface area contributed by atoms with Crippen LogP contribution in [0.4, 0.5) is 10.2 Å². The largest absolute Gasteiger partial charge is 0.494 e. The van der Waals surface area contributed by atoms with Gasteiger partial charge in [-0.1, -0.05) is 6.92 Å². The average molecular weight is 399 g/mol. The van der Waals surface area contributed by atoms with Gasteiger partial charge in [-0.15, -0.1) is 0 Å². The molecule has 152 valence electrons. The maximum Gasteiger partial charge on any atom is 0.266 e. The van der Waals surface area contributed by atoms with Gasteiger partial charge in [-0.25, -0.2) is 9.02 Å². The van der Waals surface area contributed by atoms with Gasteiger partial charge in [0.1, 0.15) is 17.3 Å². The molecule has 1 aromatic heterocycles. The Hall–Kier alpha value is -3.42. The number of hydrogen-bond acceptors (Lipinski definition) is 6. The number of benzene rings is 2. The second kappa shape index (κ2) is 9.18. The number of carbonyl (C=O) groups excluding carboxylic acids is 1. The summed E-state index contributed by atoms with van der Waals surface area (Å²) in [6.45, 7) is 6.22. The van der Waals surface area contributed by atoms with E-state index in [-0.39, 0.29) is 11.6 Å². The highest BCUT2D eigenvalue weighted by Crippen LogP contribution is 2.29. The lowest BCUT2D eigenvalue weighted by Gasteiger charge is -2.16. The molecule has 0 saturated heterocycles. The highest BCUT2D eigenvalue weighted by atomic mass is 19.1. The van der Waals surface area contributed by atoms with Crippen LogP contribution < -0.4 is 14.8 Å². The van der Waals surface area contributed by atoms with Crippen LogP contribution in [0.15, 0.2) is 47.1 Å². The number of amides is 1. The van der Waals surface area contributed by atoms with Gasteiger partial charge in [-0.2, -0.15) is 0 Å². The number of nitrogens with zero attached hydrogens (tertiary/aromatic N) is 2. The van der Waals surface area contributed by atoms with Crippen LogP contribution in [0.2, 0.25) is 0 Å².